The van der Waals surface area contributed by atoms with E-state index >= 15 is 0 Å². The highest BCUT2D eigenvalue weighted by atomic mass is 79.9. The molecule has 110 valence electrons. The highest BCUT2D eigenvalue weighted by Crippen LogP contribution is 2.22. The van der Waals surface area contributed by atoms with E-state index in [2.05, 4.69) is 25.6 Å². The molecule has 0 aliphatic heterocycles. The Morgan fingerprint density at radius 1 is 1.29 bits per heavy atom. The number of nitrogens with one attached hydrogen (secondary N) is 1. The van der Waals surface area contributed by atoms with Crippen LogP contribution in [0.25, 0.3) is 0 Å². The summed E-state index contributed by atoms with van der Waals surface area (Å²) < 4.78 is 39.5. The monoisotopic (exact) mass is 375 g/mol. The second kappa shape index (κ2) is 5.74. The topological polar surface area (TPSA) is 102 Å². The van der Waals surface area contributed by atoms with E-state index in [-0.39, 0.29) is 15.1 Å². The zero-order valence-corrected chi connectivity index (χ0v) is 12.6. The Kier molecular flexibility index (Phi) is 4.19. The van der Waals surface area contributed by atoms with Gasteiger partial charge in [0.2, 0.25) is 0 Å². The maximum Gasteiger partial charge on any atom is 0.363 e. The maximum absolute atomic E-state index is 13.1. The fourth-order valence-electron chi connectivity index (χ4n) is 1.41. The number of nitro groups is 1. The fraction of sp³-hybridized carbons (Fsp3) is 0. The van der Waals surface area contributed by atoms with Gasteiger partial charge >= 0.3 is 5.82 Å². The van der Waals surface area contributed by atoms with Crippen LogP contribution in [0.1, 0.15) is 0 Å². The molecule has 0 amide bonds. The Hall–Kier alpha value is -2.07. The number of sulfonamides is 1. The fourth-order valence-corrected chi connectivity index (χ4v) is 2.79. The zero-order chi connectivity index (χ0) is 15.6. The number of anilines is 1. The van der Waals surface area contributed by atoms with Crippen molar-refractivity contribution in [3.63, 3.8) is 0 Å². The standard InChI is InChI=1S/C11H7BrFN3O4S/c12-9-5-7(1-3-10(9)13)15-21(19,20)8-2-4-11(14-6-8)16(17)18/h1-6,15H. The summed E-state index contributed by atoms with van der Waals surface area (Å²) in [5, 5.41) is 10.5. The predicted molar refractivity (Wildman–Crippen MR) is 75.8 cm³/mol. The average molecular weight is 376 g/mol. The Labute approximate surface area is 127 Å². The molecule has 21 heavy (non-hydrogen) atoms. The SMILES string of the molecule is O=[N+]([O-])c1ccc(S(=O)(=O)Nc2ccc(F)c(Br)c2)cn1. The van der Waals surface area contributed by atoms with E-state index in [0.29, 0.717) is 0 Å². The Balaban J connectivity index is 2.29. The van der Waals surface area contributed by atoms with Crippen molar-refractivity contribution in [2.75, 3.05) is 4.72 Å². The molecule has 7 nitrogen and oxygen atoms in total. The van der Waals surface area contributed by atoms with Crippen LogP contribution in [0, 0.1) is 15.9 Å². The van der Waals surface area contributed by atoms with Crippen molar-refractivity contribution in [3.05, 3.63) is 56.9 Å². The molecule has 2 aromatic rings. The maximum atomic E-state index is 13.1. The van der Waals surface area contributed by atoms with Gasteiger partial charge in [0.15, 0.2) is 6.20 Å². The Bertz CT molecular complexity index is 796. The van der Waals surface area contributed by atoms with Crippen LogP contribution < -0.4 is 4.72 Å². The largest absolute Gasteiger partial charge is 0.363 e. The van der Waals surface area contributed by atoms with Gasteiger partial charge < -0.3 is 10.1 Å². The van der Waals surface area contributed by atoms with Crippen molar-refractivity contribution < 1.29 is 17.7 Å². The van der Waals surface area contributed by atoms with Crippen LogP contribution in [0.5, 0.6) is 0 Å². The molecule has 2 rings (SSSR count). The van der Waals surface area contributed by atoms with E-state index in [1.54, 1.807) is 0 Å². The molecule has 0 saturated heterocycles. The first-order valence-electron chi connectivity index (χ1n) is 5.38. The lowest BCUT2D eigenvalue weighted by molar-refractivity contribution is -0.389. The molecule has 0 bridgehead atoms. The Morgan fingerprint density at radius 3 is 2.52 bits per heavy atom. The summed E-state index contributed by atoms with van der Waals surface area (Å²) >= 11 is 2.94. The van der Waals surface area contributed by atoms with E-state index in [1.807, 2.05) is 0 Å². The number of hydrogen-bond acceptors (Lipinski definition) is 5. The predicted octanol–water partition coefficient (Wildman–Crippen LogP) is 2.69. The molecular formula is C11H7BrFN3O4S. The molecule has 1 aromatic heterocycles. The van der Waals surface area contributed by atoms with Crippen LogP contribution in [0.3, 0.4) is 0 Å². The van der Waals surface area contributed by atoms with Crippen molar-refractivity contribution >= 4 is 37.5 Å². The number of rotatable bonds is 4. The molecule has 0 unspecified atom stereocenters. The minimum absolute atomic E-state index is 0.101. The van der Waals surface area contributed by atoms with Crippen LogP contribution >= 0.6 is 15.9 Å². The lowest BCUT2D eigenvalue weighted by Gasteiger charge is -2.07. The highest BCUT2D eigenvalue weighted by molar-refractivity contribution is 9.10. The number of halogens is 2. The third-order valence-electron chi connectivity index (χ3n) is 2.39. The molecule has 1 N–H and O–H groups in total. The first kappa shape index (κ1) is 15.3. The van der Waals surface area contributed by atoms with Crippen molar-refractivity contribution in [1.82, 2.24) is 4.98 Å². The molecule has 1 heterocycles. The van der Waals surface area contributed by atoms with Gasteiger partial charge in [0.05, 0.1) is 10.2 Å². The number of nitrogens with zero attached hydrogens (tertiary/aromatic N) is 2. The third kappa shape index (κ3) is 3.52. The lowest BCUT2D eigenvalue weighted by atomic mass is 10.3. The van der Waals surface area contributed by atoms with Crippen LogP contribution in [0.15, 0.2) is 45.9 Å². The summed E-state index contributed by atoms with van der Waals surface area (Å²) in [6.45, 7) is 0. The van der Waals surface area contributed by atoms with Gasteiger partial charge in [-0.3, -0.25) is 4.72 Å². The van der Waals surface area contributed by atoms with E-state index in [1.165, 1.54) is 12.1 Å². The molecule has 0 aliphatic carbocycles. The molecule has 1 aromatic carbocycles. The van der Waals surface area contributed by atoms with Crippen molar-refractivity contribution in [2.45, 2.75) is 4.90 Å². The number of hydrogen-bond donors (Lipinski definition) is 1. The van der Waals surface area contributed by atoms with E-state index in [4.69, 9.17) is 0 Å². The van der Waals surface area contributed by atoms with Crippen molar-refractivity contribution in [3.8, 4) is 0 Å². The summed E-state index contributed by atoms with van der Waals surface area (Å²) in [4.78, 5) is 12.9. The van der Waals surface area contributed by atoms with Gasteiger partial charge in [0.25, 0.3) is 10.0 Å². The molecular weight excluding hydrogens is 369 g/mol. The van der Waals surface area contributed by atoms with Gasteiger partial charge in [0.1, 0.15) is 10.7 Å². The summed E-state index contributed by atoms with van der Waals surface area (Å²) in [6, 6.07) is 5.64. The Morgan fingerprint density at radius 2 is 2.00 bits per heavy atom. The van der Waals surface area contributed by atoms with Crippen molar-refractivity contribution in [2.24, 2.45) is 0 Å². The van der Waals surface area contributed by atoms with Crippen LogP contribution in [0.2, 0.25) is 0 Å². The summed E-state index contributed by atoms with van der Waals surface area (Å²) in [5.74, 6) is -0.992. The minimum Gasteiger partial charge on any atom is -0.358 e. The molecule has 0 aliphatic rings. The number of aromatic nitrogens is 1. The van der Waals surface area contributed by atoms with E-state index < -0.39 is 26.6 Å². The molecule has 0 atom stereocenters. The van der Waals surface area contributed by atoms with Crippen molar-refractivity contribution in [1.29, 1.82) is 0 Å². The molecule has 10 heteroatoms. The second-order valence-corrected chi connectivity index (χ2v) is 6.38. The van der Waals surface area contributed by atoms with Crippen LogP contribution in [0.4, 0.5) is 15.9 Å². The van der Waals surface area contributed by atoms with Gasteiger partial charge in [-0.2, -0.15) is 0 Å². The first-order valence-corrected chi connectivity index (χ1v) is 7.65. The molecule has 0 saturated carbocycles. The molecule has 0 radical (unpaired) electrons. The van der Waals surface area contributed by atoms with E-state index in [9.17, 15) is 22.9 Å². The average Bonchev–Trinajstić information content (AvgIpc) is 2.43. The molecule has 0 fully saturated rings. The summed E-state index contributed by atoms with van der Waals surface area (Å²) in [7, 11) is -3.96. The summed E-state index contributed by atoms with van der Waals surface area (Å²) in [6.07, 6.45) is 0.874. The van der Waals surface area contributed by atoms with E-state index in [0.717, 1.165) is 24.4 Å². The number of benzene rings is 1. The second-order valence-electron chi connectivity index (χ2n) is 3.84. The summed E-state index contributed by atoms with van der Waals surface area (Å²) in [5.41, 5.74) is 0.140. The highest BCUT2D eigenvalue weighted by Gasteiger charge is 2.18. The smallest absolute Gasteiger partial charge is 0.358 e. The van der Waals surface area contributed by atoms with Gasteiger partial charge in [-0.15, -0.1) is 0 Å². The van der Waals surface area contributed by atoms with Crippen LogP contribution in [-0.2, 0) is 10.0 Å². The third-order valence-corrected chi connectivity index (χ3v) is 4.36. The van der Waals surface area contributed by atoms with Gasteiger partial charge in [-0.1, -0.05) is 0 Å². The lowest BCUT2D eigenvalue weighted by Crippen LogP contribution is -2.13. The van der Waals surface area contributed by atoms with Crippen LogP contribution in [-0.4, -0.2) is 18.3 Å². The normalized spacial score (nSPS) is 11.1. The van der Waals surface area contributed by atoms with Gasteiger partial charge in [-0.05, 0) is 50.1 Å². The minimum atomic E-state index is -3.96. The number of pyridine rings is 1. The first-order chi connectivity index (χ1) is 9.79. The van der Waals surface area contributed by atoms with Gasteiger partial charge in [-0.25, -0.2) is 12.8 Å². The quantitative estimate of drug-likeness (QED) is 0.653. The zero-order valence-electron chi connectivity index (χ0n) is 10.2. The molecule has 0 spiro atoms. The van der Waals surface area contributed by atoms with Gasteiger partial charge in [0, 0.05) is 6.07 Å².